The van der Waals surface area contributed by atoms with Gasteiger partial charge in [0.15, 0.2) is 5.82 Å². The molecule has 4 nitrogen and oxygen atoms in total. The quantitative estimate of drug-likeness (QED) is 0.171. The number of aromatic nitrogens is 3. The largest absolute Gasteiger partial charge is 0.455 e. The van der Waals surface area contributed by atoms with Crippen LogP contribution in [0.25, 0.3) is 109 Å². The Hall–Kier alpha value is -7.21. The fraction of sp³-hybridized carbons (Fsp3) is 0. The first-order valence-corrected chi connectivity index (χ1v) is 19.5. The maximum atomic E-state index is 6.69. The molecule has 0 spiro atoms. The van der Waals surface area contributed by atoms with Crippen molar-refractivity contribution < 1.29 is 4.42 Å². The van der Waals surface area contributed by atoms with Gasteiger partial charge in [-0.15, -0.1) is 11.3 Å². The standard InChI is InChI=1S/C51H31N3OS/c1-2-9-34(10-3-1)44-31-45(38-12-8-11-36(29-38)32-25-27-52-28-26-32)54-51(53-44)35-19-17-33(18-20-35)39-23-24-40(50-49(39)43-14-4-6-15-46(43)55-50)37-21-22-42-41-13-5-7-16-47(41)56-48(42)30-37/h1-31H. The molecule has 0 bridgehead atoms. The second kappa shape index (κ2) is 13.3. The molecule has 0 saturated carbocycles. The molecule has 7 aromatic carbocycles. The molecule has 56 heavy (non-hydrogen) atoms. The van der Waals surface area contributed by atoms with E-state index in [4.69, 9.17) is 14.4 Å². The minimum atomic E-state index is 0.674. The number of hydrogen-bond donors (Lipinski definition) is 0. The van der Waals surface area contributed by atoms with Crippen LogP contribution in [0, 0.1) is 0 Å². The van der Waals surface area contributed by atoms with Crippen LogP contribution in [0.5, 0.6) is 0 Å². The molecular weight excluding hydrogens is 703 g/mol. The first-order valence-electron chi connectivity index (χ1n) is 18.7. The average molecular weight is 734 g/mol. The SMILES string of the molecule is c1ccc(-c2cc(-c3cccc(-c4ccncc4)c3)nc(-c3ccc(-c4ccc(-c5ccc6c(c5)sc5ccccc56)c5oc6ccccc6c45)cc3)n2)cc1. The van der Waals surface area contributed by atoms with E-state index in [1.54, 1.807) is 0 Å². The number of thiophene rings is 1. The molecule has 0 atom stereocenters. The number of pyridine rings is 1. The molecule has 0 aliphatic carbocycles. The lowest BCUT2D eigenvalue weighted by Crippen LogP contribution is -1.96. The molecule has 0 aliphatic rings. The number of hydrogen-bond acceptors (Lipinski definition) is 5. The summed E-state index contributed by atoms with van der Waals surface area (Å²) in [6.07, 6.45) is 3.64. The molecule has 262 valence electrons. The van der Waals surface area contributed by atoms with Gasteiger partial charge in [0.05, 0.1) is 11.4 Å². The van der Waals surface area contributed by atoms with Crippen LogP contribution in [-0.2, 0) is 0 Å². The van der Waals surface area contributed by atoms with E-state index in [0.29, 0.717) is 5.82 Å². The first kappa shape index (κ1) is 32.2. The number of nitrogens with zero attached hydrogens (tertiary/aromatic N) is 3. The smallest absolute Gasteiger partial charge is 0.160 e. The van der Waals surface area contributed by atoms with Gasteiger partial charge in [0.25, 0.3) is 0 Å². The molecule has 0 amide bonds. The van der Waals surface area contributed by atoms with Crippen molar-refractivity contribution in [2.24, 2.45) is 0 Å². The van der Waals surface area contributed by atoms with E-state index in [1.807, 2.05) is 60.1 Å². The second-order valence-electron chi connectivity index (χ2n) is 14.0. The number of fused-ring (bicyclic) bond motifs is 6. The van der Waals surface area contributed by atoms with Gasteiger partial charge >= 0.3 is 0 Å². The summed E-state index contributed by atoms with van der Waals surface area (Å²) >= 11 is 1.84. The van der Waals surface area contributed by atoms with Gasteiger partial charge in [0, 0.05) is 65.6 Å². The zero-order chi connectivity index (χ0) is 37.0. The van der Waals surface area contributed by atoms with Crippen molar-refractivity contribution in [3.05, 3.63) is 188 Å². The third kappa shape index (κ3) is 5.56. The molecular formula is C51H31N3OS. The monoisotopic (exact) mass is 733 g/mol. The molecule has 4 heterocycles. The van der Waals surface area contributed by atoms with Crippen LogP contribution in [0.4, 0.5) is 0 Å². The number of benzene rings is 7. The number of furan rings is 1. The normalized spacial score (nSPS) is 11.6. The molecule has 0 saturated heterocycles. The van der Waals surface area contributed by atoms with Gasteiger partial charge in [-0.05, 0) is 76.3 Å². The summed E-state index contributed by atoms with van der Waals surface area (Å²) in [4.78, 5) is 14.5. The van der Waals surface area contributed by atoms with E-state index < -0.39 is 0 Å². The van der Waals surface area contributed by atoms with Crippen molar-refractivity contribution in [1.82, 2.24) is 15.0 Å². The zero-order valence-electron chi connectivity index (χ0n) is 30.1. The van der Waals surface area contributed by atoms with E-state index in [1.165, 1.54) is 20.2 Å². The maximum absolute atomic E-state index is 6.69. The molecule has 4 aromatic heterocycles. The zero-order valence-corrected chi connectivity index (χ0v) is 30.9. The van der Waals surface area contributed by atoms with Crippen LogP contribution in [0.2, 0.25) is 0 Å². The van der Waals surface area contributed by atoms with E-state index in [0.717, 1.165) is 83.4 Å². The minimum Gasteiger partial charge on any atom is -0.455 e. The van der Waals surface area contributed by atoms with Crippen molar-refractivity contribution in [2.75, 3.05) is 0 Å². The van der Waals surface area contributed by atoms with Crippen LogP contribution >= 0.6 is 11.3 Å². The van der Waals surface area contributed by atoms with Gasteiger partial charge < -0.3 is 4.42 Å². The Kier molecular flexibility index (Phi) is 7.64. The Morgan fingerprint density at radius 1 is 0.393 bits per heavy atom. The van der Waals surface area contributed by atoms with Gasteiger partial charge in [-0.2, -0.15) is 0 Å². The molecule has 0 unspecified atom stereocenters. The fourth-order valence-corrected chi connectivity index (χ4v) is 9.02. The Morgan fingerprint density at radius 3 is 1.91 bits per heavy atom. The van der Waals surface area contributed by atoms with Crippen LogP contribution in [0.1, 0.15) is 0 Å². The van der Waals surface area contributed by atoms with Crippen molar-refractivity contribution in [2.45, 2.75) is 0 Å². The summed E-state index contributed by atoms with van der Waals surface area (Å²) in [7, 11) is 0. The predicted molar refractivity (Wildman–Crippen MR) is 233 cm³/mol. The van der Waals surface area contributed by atoms with Crippen molar-refractivity contribution in [3.63, 3.8) is 0 Å². The highest BCUT2D eigenvalue weighted by Crippen LogP contribution is 2.44. The molecule has 0 aliphatic heterocycles. The van der Waals surface area contributed by atoms with Crippen LogP contribution in [0.3, 0.4) is 0 Å². The lowest BCUT2D eigenvalue weighted by molar-refractivity contribution is 0.670. The molecule has 0 radical (unpaired) electrons. The first-order chi connectivity index (χ1) is 27.7. The highest BCUT2D eigenvalue weighted by atomic mass is 32.1. The van der Waals surface area contributed by atoms with Gasteiger partial charge in [-0.1, -0.05) is 127 Å². The molecule has 11 rings (SSSR count). The van der Waals surface area contributed by atoms with Crippen molar-refractivity contribution in [1.29, 1.82) is 0 Å². The average Bonchev–Trinajstić information content (AvgIpc) is 3.85. The van der Waals surface area contributed by atoms with E-state index in [-0.39, 0.29) is 0 Å². The molecule has 0 fully saturated rings. The van der Waals surface area contributed by atoms with Gasteiger partial charge in [0.1, 0.15) is 11.2 Å². The second-order valence-corrected chi connectivity index (χ2v) is 15.1. The Balaban J connectivity index is 1.02. The van der Waals surface area contributed by atoms with Gasteiger partial charge in [-0.3, -0.25) is 4.98 Å². The summed E-state index contributed by atoms with van der Waals surface area (Å²) < 4.78 is 9.27. The van der Waals surface area contributed by atoms with Crippen molar-refractivity contribution in [3.8, 4) is 67.3 Å². The van der Waals surface area contributed by atoms with Gasteiger partial charge in [0.2, 0.25) is 0 Å². The van der Waals surface area contributed by atoms with Gasteiger partial charge in [-0.25, -0.2) is 9.97 Å². The molecule has 0 N–H and O–H groups in total. The van der Waals surface area contributed by atoms with Crippen LogP contribution in [-0.4, -0.2) is 15.0 Å². The Labute approximate surface area is 327 Å². The lowest BCUT2D eigenvalue weighted by atomic mass is 9.94. The van der Waals surface area contributed by atoms with Crippen molar-refractivity contribution >= 4 is 53.4 Å². The summed E-state index contributed by atoms with van der Waals surface area (Å²) in [6, 6.07) is 61.8. The maximum Gasteiger partial charge on any atom is 0.160 e. The van der Waals surface area contributed by atoms with E-state index >= 15 is 0 Å². The summed E-state index contributed by atoms with van der Waals surface area (Å²) in [5.74, 6) is 0.674. The Morgan fingerprint density at radius 2 is 1.05 bits per heavy atom. The molecule has 11 aromatic rings. The minimum absolute atomic E-state index is 0.674. The number of para-hydroxylation sites is 1. The highest BCUT2D eigenvalue weighted by molar-refractivity contribution is 7.25. The summed E-state index contributed by atoms with van der Waals surface area (Å²) in [5, 5.41) is 4.80. The predicted octanol–water partition coefficient (Wildman–Crippen LogP) is 14.1. The third-order valence-electron chi connectivity index (χ3n) is 10.6. The summed E-state index contributed by atoms with van der Waals surface area (Å²) in [5.41, 5.74) is 13.2. The van der Waals surface area contributed by atoms with Crippen LogP contribution in [0.15, 0.2) is 193 Å². The van der Waals surface area contributed by atoms with E-state index in [2.05, 4.69) is 145 Å². The molecule has 5 heteroatoms. The Bertz CT molecular complexity index is 3240. The highest BCUT2D eigenvalue weighted by Gasteiger charge is 2.19. The summed E-state index contributed by atoms with van der Waals surface area (Å²) in [6.45, 7) is 0. The van der Waals surface area contributed by atoms with Crippen LogP contribution < -0.4 is 0 Å². The lowest BCUT2D eigenvalue weighted by Gasteiger charge is -2.12. The third-order valence-corrected chi connectivity index (χ3v) is 11.8. The van der Waals surface area contributed by atoms with E-state index in [9.17, 15) is 0 Å². The topological polar surface area (TPSA) is 51.8 Å². The fourth-order valence-electron chi connectivity index (χ4n) is 7.87. The number of rotatable bonds is 6.